The number of nitro groups is 1. The minimum atomic E-state index is -0.679. The minimum Gasteiger partial charge on any atom is -0.457 e. The summed E-state index contributed by atoms with van der Waals surface area (Å²) < 4.78 is 5.86. The molecule has 0 fully saturated rings. The summed E-state index contributed by atoms with van der Waals surface area (Å²) >= 11 is 0. The highest BCUT2D eigenvalue weighted by molar-refractivity contribution is 5.97. The Labute approximate surface area is 165 Å². The van der Waals surface area contributed by atoms with Gasteiger partial charge in [-0.1, -0.05) is 42.5 Å². The van der Waals surface area contributed by atoms with Crippen molar-refractivity contribution in [1.29, 1.82) is 0 Å². The van der Waals surface area contributed by atoms with Gasteiger partial charge in [-0.25, -0.2) is 0 Å². The van der Waals surface area contributed by atoms with Crippen molar-refractivity contribution in [2.24, 2.45) is 0 Å². The molecule has 0 radical (unpaired) electrons. The molecule has 2 N–H and O–H groups in total. The molecular weight excluding hydrogens is 374 g/mol. The number of hydrogen-bond acceptors (Lipinski definition) is 5. The van der Waals surface area contributed by atoms with Crippen LogP contribution in [0.5, 0.6) is 11.5 Å². The van der Waals surface area contributed by atoms with Crippen molar-refractivity contribution in [3.05, 3.63) is 99.6 Å². The minimum absolute atomic E-state index is 0.0623. The molecule has 0 atom stereocenters. The lowest BCUT2D eigenvalue weighted by Gasteiger charge is -2.27. The number of rotatable bonds is 3. The predicted molar refractivity (Wildman–Crippen MR) is 104 cm³/mol. The molecule has 4 rings (SSSR count). The molecule has 0 bridgehead atoms. The first-order chi connectivity index (χ1) is 14.0. The van der Waals surface area contributed by atoms with Crippen LogP contribution in [0.15, 0.2) is 72.8 Å². The Kier molecular flexibility index (Phi) is 4.66. The fraction of sp³-hybridized carbons (Fsp3) is 0.0476. The summed E-state index contributed by atoms with van der Waals surface area (Å²) in [7, 11) is 0. The monoisotopic (exact) mass is 389 g/mol. The average molecular weight is 389 g/mol. The molecule has 144 valence electrons. The molecule has 0 aliphatic carbocycles. The number of carbonyl (C=O) groups is 2. The van der Waals surface area contributed by atoms with Crippen LogP contribution in [-0.4, -0.2) is 16.7 Å². The fourth-order valence-corrected chi connectivity index (χ4v) is 3.22. The van der Waals surface area contributed by atoms with E-state index in [1.54, 1.807) is 36.4 Å². The normalized spacial score (nSPS) is 12.1. The number of hydrazine groups is 1. The van der Waals surface area contributed by atoms with Crippen molar-refractivity contribution in [2.45, 2.75) is 5.92 Å². The van der Waals surface area contributed by atoms with Crippen molar-refractivity contribution in [2.75, 3.05) is 0 Å². The molecule has 1 heterocycles. The van der Waals surface area contributed by atoms with E-state index in [4.69, 9.17) is 4.74 Å². The van der Waals surface area contributed by atoms with Crippen LogP contribution < -0.4 is 15.6 Å². The van der Waals surface area contributed by atoms with Gasteiger partial charge in [-0.15, -0.1) is 0 Å². The second kappa shape index (κ2) is 7.43. The summed E-state index contributed by atoms with van der Waals surface area (Å²) in [6.45, 7) is 0. The van der Waals surface area contributed by atoms with E-state index in [1.165, 1.54) is 18.2 Å². The largest absolute Gasteiger partial charge is 0.457 e. The van der Waals surface area contributed by atoms with Gasteiger partial charge in [0.15, 0.2) is 0 Å². The fourth-order valence-electron chi connectivity index (χ4n) is 3.22. The molecule has 0 unspecified atom stereocenters. The Bertz CT molecular complexity index is 1080. The molecule has 3 aromatic carbocycles. The maximum atomic E-state index is 12.9. The van der Waals surface area contributed by atoms with Crippen LogP contribution in [0.1, 0.15) is 27.4 Å². The highest BCUT2D eigenvalue weighted by atomic mass is 16.6. The average Bonchev–Trinajstić information content (AvgIpc) is 2.75. The van der Waals surface area contributed by atoms with Crippen LogP contribution in [0, 0.1) is 10.1 Å². The van der Waals surface area contributed by atoms with Gasteiger partial charge in [-0.2, -0.15) is 0 Å². The van der Waals surface area contributed by atoms with Crippen LogP contribution in [0.4, 0.5) is 5.69 Å². The van der Waals surface area contributed by atoms with Gasteiger partial charge in [0.05, 0.1) is 10.8 Å². The number of nitro benzene ring substituents is 1. The van der Waals surface area contributed by atoms with E-state index in [2.05, 4.69) is 10.9 Å². The van der Waals surface area contributed by atoms with Gasteiger partial charge < -0.3 is 4.74 Å². The van der Waals surface area contributed by atoms with Gasteiger partial charge in [0.25, 0.3) is 17.5 Å². The van der Waals surface area contributed by atoms with Crippen LogP contribution in [0.3, 0.4) is 0 Å². The maximum Gasteiger partial charge on any atom is 0.270 e. The number of nitrogens with zero attached hydrogens (tertiary/aromatic N) is 1. The Morgan fingerprint density at radius 2 is 1.48 bits per heavy atom. The molecule has 0 spiro atoms. The van der Waals surface area contributed by atoms with Crippen molar-refractivity contribution < 1.29 is 19.2 Å². The summed E-state index contributed by atoms with van der Waals surface area (Å²) in [5, 5.41) is 10.9. The smallest absolute Gasteiger partial charge is 0.270 e. The maximum absolute atomic E-state index is 12.9. The number of nitrogens with one attached hydrogen (secondary N) is 2. The van der Waals surface area contributed by atoms with E-state index in [0.29, 0.717) is 22.6 Å². The standard InChI is InChI=1S/C21H15N3O5/c25-20(13-6-5-7-14(12-13)24(27)28)22-23-21(26)19-15-8-1-3-10-17(15)29-18-11-4-2-9-16(18)19/h1-12,19H,(H,22,25)(H,23,26). The SMILES string of the molecule is O=C(NNC(=O)C1c2ccccc2Oc2ccccc21)c1cccc([N+](=O)[O-])c1. The van der Waals surface area contributed by atoms with Crippen molar-refractivity contribution >= 4 is 17.5 Å². The van der Waals surface area contributed by atoms with Gasteiger partial charge in [0, 0.05) is 28.8 Å². The lowest BCUT2D eigenvalue weighted by molar-refractivity contribution is -0.384. The van der Waals surface area contributed by atoms with Gasteiger partial charge in [0.2, 0.25) is 0 Å². The third-order valence-electron chi connectivity index (χ3n) is 4.56. The molecule has 1 aliphatic heterocycles. The van der Waals surface area contributed by atoms with Crippen molar-refractivity contribution in [3.8, 4) is 11.5 Å². The Morgan fingerprint density at radius 1 is 0.862 bits per heavy atom. The third kappa shape index (κ3) is 3.51. The lowest BCUT2D eigenvalue weighted by Crippen LogP contribution is -2.44. The molecule has 8 heteroatoms. The van der Waals surface area contributed by atoms with E-state index in [1.807, 2.05) is 12.1 Å². The number of benzene rings is 3. The zero-order valence-electron chi connectivity index (χ0n) is 15.0. The highest BCUT2D eigenvalue weighted by Gasteiger charge is 2.32. The molecular formula is C21H15N3O5. The third-order valence-corrected chi connectivity index (χ3v) is 4.56. The number of non-ortho nitro benzene ring substituents is 1. The van der Waals surface area contributed by atoms with E-state index < -0.39 is 22.7 Å². The molecule has 1 aliphatic rings. The first-order valence-electron chi connectivity index (χ1n) is 8.75. The lowest BCUT2D eigenvalue weighted by atomic mass is 9.87. The van der Waals surface area contributed by atoms with E-state index >= 15 is 0 Å². The van der Waals surface area contributed by atoms with Crippen molar-refractivity contribution in [1.82, 2.24) is 10.9 Å². The molecule has 3 aromatic rings. The number of amides is 2. The predicted octanol–water partition coefficient (Wildman–Crippen LogP) is 3.29. The molecule has 0 aromatic heterocycles. The van der Waals surface area contributed by atoms with Crippen LogP contribution in [-0.2, 0) is 4.79 Å². The van der Waals surface area contributed by atoms with Gasteiger partial charge >= 0.3 is 0 Å². The van der Waals surface area contributed by atoms with Crippen LogP contribution in [0.25, 0.3) is 0 Å². The summed E-state index contributed by atoms with van der Waals surface area (Å²) in [5.41, 5.74) is 5.94. The number of carbonyl (C=O) groups excluding carboxylic acids is 2. The first-order valence-corrected chi connectivity index (χ1v) is 8.75. The van der Waals surface area contributed by atoms with Gasteiger partial charge in [0.1, 0.15) is 11.5 Å². The zero-order chi connectivity index (χ0) is 20.4. The summed E-state index contributed by atoms with van der Waals surface area (Å²) in [5.74, 6) is -0.656. The Balaban J connectivity index is 1.56. The molecule has 29 heavy (non-hydrogen) atoms. The molecule has 0 saturated heterocycles. The molecule has 8 nitrogen and oxygen atoms in total. The molecule has 0 saturated carbocycles. The quantitative estimate of drug-likeness (QED) is 0.527. The summed E-state index contributed by atoms with van der Waals surface area (Å²) in [6, 6.07) is 19.6. The number of hydrogen-bond donors (Lipinski definition) is 2. The van der Waals surface area contributed by atoms with Gasteiger partial charge in [-0.05, 0) is 18.2 Å². The van der Waals surface area contributed by atoms with E-state index in [9.17, 15) is 19.7 Å². The Morgan fingerprint density at radius 3 is 2.10 bits per heavy atom. The first kappa shape index (κ1) is 18.2. The topological polar surface area (TPSA) is 111 Å². The second-order valence-electron chi connectivity index (χ2n) is 6.36. The van der Waals surface area contributed by atoms with E-state index in [0.717, 1.165) is 6.07 Å². The van der Waals surface area contributed by atoms with E-state index in [-0.39, 0.29) is 11.3 Å². The van der Waals surface area contributed by atoms with Crippen LogP contribution in [0.2, 0.25) is 0 Å². The van der Waals surface area contributed by atoms with Gasteiger partial charge in [-0.3, -0.25) is 30.6 Å². The number of fused-ring (bicyclic) bond motifs is 2. The Hall–Kier alpha value is -4.20. The molecule has 2 amide bonds. The number of para-hydroxylation sites is 2. The highest BCUT2D eigenvalue weighted by Crippen LogP contribution is 2.43. The second-order valence-corrected chi connectivity index (χ2v) is 6.36. The van der Waals surface area contributed by atoms with Crippen molar-refractivity contribution in [3.63, 3.8) is 0 Å². The number of ether oxygens (including phenoxy) is 1. The van der Waals surface area contributed by atoms with Crippen LogP contribution >= 0.6 is 0 Å². The zero-order valence-corrected chi connectivity index (χ0v) is 15.0. The summed E-state index contributed by atoms with van der Waals surface area (Å²) in [4.78, 5) is 35.6. The summed E-state index contributed by atoms with van der Waals surface area (Å²) in [6.07, 6.45) is 0.